The number of amides is 1. The molecule has 0 saturated heterocycles. The largest absolute Gasteiger partial charge is 0.496 e. The SMILES string of the molecule is COc1ccccc1C(C)NC(=O)COC(=O)c1ccc(-n2nc(C)cc2C)nc1. The highest BCUT2D eigenvalue weighted by Gasteiger charge is 2.16. The Hall–Kier alpha value is -3.68. The van der Waals surface area contributed by atoms with Crippen LogP contribution in [0.3, 0.4) is 0 Å². The van der Waals surface area contributed by atoms with Crippen LogP contribution in [0, 0.1) is 13.8 Å². The van der Waals surface area contributed by atoms with E-state index in [1.807, 2.05) is 51.1 Å². The highest BCUT2D eigenvalue weighted by atomic mass is 16.5. The van der Waals surface area contributed by atoms with Crippen molar-refractivity contribution in [1.29, 1.82) is 0 Å². The Morgan fingerprint density at radius 2 is 1.93 bits per heavy atom. The normalized spacial score (nSPS) is 11.6. The fraction of sp³-hybridized carbons (Fsp3) is 0.273. The summed E-state index contributed by atoms with van der Waals surface area (Å²) in [4.78, 5) is 28.7. The average molecular weight is 408 g/mol. The summed E-state index contributed by atoms with van der Waals surface area (Å²) >= 11 is 0. The van der Waals surface area contributed by atoms with E-state index in [1.165, 1.54) is 6.20 Å². The van der Waals surface area contributed by atoms with Gasteiger partial charge >= 0.3 is 5.97 Å². The molecule has 3 aromatic rings. The fourth-order valence-electron chi connectivity index (χ4n) is 3.09. The molecule has 0 aliphatic heterocycles. The van der Waals surface area contributed by atoms with Gasteiger partial charge in [0.15, 0.2) is 12.4 Å². The van der Waals surface area contributed by atoms with Gasteiger partial charge in [0, 0.05) is 17.5 Å². The highest BCUT2D eigenvalue weighted by Crippen LogP contribution is 2.24. The molecule has 0 aliphatic carbocycles. The Labute approximate surface area is 174 Å². The van der Waals surface area contributed by atoms with Gasteiger partial charge in [0.25, 0.3) is 5.91 Å². The molecule has 0 fully saturated rings. The lowest BCUT2D eigenvalue weighted by Crippen LogP contribution is -2.31. The van der Waals surface area contributed by atoms with Crippen LogP contribution < -0.4 is 10.1 Å². The van der Waals surface area contributed by atoms with Crippen molar-refractivity contribution < 1.29 is 19.1 Å². The highest BCUT2D eigenvalue weighted by molar-refractivity contribution is 5.91. The predicted molar refractivity (Wildman–Crippen MR) is 111 cm³/mol. The van der Waals surface area contributed by atoms with E-state index in [4.69, 9.17) is 9.47 Å². The van der Waals surface area contributed by atoms with Crippen LogP contribution in [0.25, 0.3) is 5.82 Å². The Morgan fingerprint density at radius 1 is 1.17 bits per heavy atom. The molecular weight excluding hydrogens is 384 g/mol. The summed E-state index contributed by atoms with van der Waals surface area (Å²) in [6.07, 6.45) is 1.41. The number of nitrogens with zero attached hydrogens (tertiary/aromatic N) is 3. The molecule has 3 rings (SSSR count). The van der Waals surface area contributed by atoms with E-state index in [2.05, 4.69) is 15.4 Å². The number of carbonyl (C=O) groups is 2. The molecule has 1 unspecified atom stereocenters. The number of pyridine rings is 1. The summed E-state index contributed by atoms with van der Waals surface area (Å²) in [6.45, 7) is 5.26. The molecule has 0 spiro atoms. The molecule has 30 heavy (non-hydrogen) atoms. The number of methoxy groups -OCH3 is 1. The van der Waals surface area contributed by atoms with Crippen molar-refractivity contribution in [3.63, 3.8) is 0 Å². The van der Waals surface area contributed by atoms with Crippen LogP contribution in [0.15, 0.2) is 48.7 Å². The van der Waals surface area contributed by atoms with Crippen LogP contribution in [-0.2, 0) is 9.53 Å². The predicted octanol–water partition coefficient (Wildman–Crippen LogP) is 2.93. The van der Waals surface area contributed by atoms with Gasteiger partial charge in [-0.25, -0.2) is 14.5 Å². The van der Waals surface area contributed by atoms with Gasteiger partial charge in [0.1, 0.15) is 5.75 Å². The van der Waals surface area contributed by atoms with Gasteiger partial charge in [-0.05, 0) is 45.0 Å². The first-order valence-electron chi connectivity index (χ1n) is 9.48. The van der Waals surface area contributed by atoms with Crippen LogP contribution in [0.4, 0.5) is 0 Å². The zero-order valence-electron chi connectivity index (χ0n) is 17.4. The van der Waals surface area contributed by atoms with Crippen molar-refractivity contribution in [1.82, 2.24) is 20.1 Å². The summed E-state index contributed by atoms with van der Waals surface area (Å²) in [7, 11) is 1.57. The van der Waals surface area contributed by atoms with Crippen LogP contribution in [0.2, 0.25) is 0 Å². The molecule has 0 bridgehead atoms. The van der Waals surface area contributed by atoms with Crippen molar-refractivity contribution in [3.8, 4) is 11.6 Å². The molecule has 1 aromatic carbocycles. The molecule has 2 aromatic heterocycles. The number of benzene rings is 1. The molecule has 0 saturated carbocycles. The van der Waals surface area contributed by atoms with Crippen LogP contribution >= 0.6 is 0 Å². The zero-order valence-corrected chi connectivity index (χ0v) is 17.4. The Bertz CT molecular complexity index is 1040. The second kappa shape index (κ2) is 9.21. The number of carbonyl (C=O) groups excluding carboxylic acids is 2. The monoisotopic (exact) mass is 408 g/mol. The Balaban J connectivity index is 1.56. The van der Waals surface area contributed by atoms with E-state index in [1.54, 1.807) is 23.9 Å². The maximum absolute atomic E-state index is 12.2. The van der Waals surface area contributed by atoms with Crippen LogP contribution in [0.1, 0.15) is 40.3 Å². The molecule has 0 aliphatic rings. The number of aryl methyl sites for hydroxylation is 2. The number of hydrogen-bond acceptors (Lipinski definition) is 6. The Kier molecular flexibility index (Phi) is 6.46. The van der Waals surface area contributed by atoms with Gasteiger partial charge in [-0.15, -0.1) is 0 Å². The summed E-state index contributed by atoms with van der Waals surface area (Å²) < 4.78 is 12.1. The summed E-state index contributed by atoms with van der Waals surface area (Å²) in [5.41, 5.74) is 2.91. The van der Waals surface area contributed by atoms with Gasteiger partial charge in [-0.1, -0.05) is 18.2 Å². The van der Waals surface area contributed by atoms with Crippen LogP contribution in [0.5, 0.6) is 5.75 Å². The first kappa shape index (κ1) is 21.0. The van der Waals surface area contributed by atoms with Gasteiger partial charge in [0.2, 0.25) is 0 Å². The minimum Gasteiger partial charge on any atom is -0.496 e. The second-order valence-corrected chi connectivity index (χ2v) is 6.85. The second-order valence-electron chi connectivity index (χ2n) is 6.85. The molecular formula is C22H24N4O4. The fourth-order valence-corrected chi connectivity index (χ4v) is 3.09. The van der Waals surface area contributed by atoms with Crippen molar-refractivity contribution in [3.05, 3.63) is 71.2 Å². The molecule has 156 valence electrons. The lowest BCUT2D eigenvalue weighted by molar-refractivity contribution is -0.124. The molecule has 0 radical (unpaired) electrons. The maximum atomic E-state index is 12.2. The van der Waals surface area contributed by atoms with Crippen molar-refractivity contribution in [2.45, 2.75) is 26.8 Å². The molecule has 8 heteroatoms. The number of hydrogen-bond donors (Lipinski definition) is 1. The van der Waals surface area contributed by atoms with Gasteiger partial charge in [-0.2, -0.15) is 5.10 Å². The minimum atomic E-state index is -0.623. The smallest absolute Gasteiger partial charge is 0.340 e. The number of esters is 1. The summed E-state index contributed by atoms with van der Waals surface area (Å²) in [5, 5.41) is 7.15. The van der Waals surface area contributed by atoms with Crippen LogP contribution in [-0.4, -0.2) is 40.4 Å². The summed E-state index contributed by atoms with van der Waals surface area (Å²) in [5.74, 6) is 0.244. The number of ether oxygens (including phenoxy) is 2. The topological polar surface area (TPSA) is 95.3 Å². The molecule has 1 amide bonds. The molecule has 1 atom stereocenters. The number of nitrogens with one attached hydrogen (secondary N) is 1. The first-order valence-corrected chi connectivity index (χ1v) is 9.48. The minimum absolute atomic E-state index is 0.255. The quantitative estimate of drug-likeness (QED) is 0.604. The van der Waals surface area contributed by atoms with Gasteiger partial charge in [0.05, 0.1) is 24.4 Å². The molecule has 2 heterocycles. The lowest BCUT2D eigenvalue weighted by atomic mass is 10.1. The van der Waals surface area contributed by atoms with Crippen molar-refractivity contribution >= 4 is 11.9 Å². The summed E-state index contributed by atoms with van der Waals surface area (Å²) in [6, 6.07) is 12.3. The first-order chi connectivity index (χ1) is 14.4. The number of rotatable bonds is 7. The van der Waals surface area contributed by atoms with E-state index in [-0.39, 0.29) is 11.6 Å². The molecule has 8 nitrogen and oxygen atoms in total. The third kappa shape index (κ3) is 4.83. The van der Waals surface area contributed by atoms with E-state index < -0.39 is 18.5 Å². The van der Waals surface area contributed by atoms with E-state index in [0.717, 1.165) is 17.0 Å². The van der Waals surface area contributed by atoms with Gasteiger partial charge in [-0.3, -0.25) is 4.79 Å². The lowest BCUT2D eigenvalue weighted by Gasteiger charge is -2.17. The number of para-hydroxylation sites is 1. The maximum Gasteiger partial charge on any atom is 0.340 e. The average Bonchev–Trinajstić information content (AvgIpc) is 3.09. The Morgan fingerprint density at radius 3 is 2.57 bits per heavy atom. The van der Waals surface area contributed by atoms with Crippen molar-refractivity contribution in [2.24, 2.45) is 0 Å². The molecule has 1 N–H and O–H groups in total. The third-order valence-electron chi connectivity index (χ3n) is 4.53. The van der Waals surface area contributed by atoms with E-state index in [0.29, 0.717) is 11.6 Å². The van der Waals surface area contributed by atoms with Gasteiger partial charge < -0.3 is 14.8 Å². The standard InChI is InChI=1S/C22H24N4O4/c1-14-11-15(2)26(25-14)20-10-9-17(12-23-20)22(28)30-13-21(27)24-16(3)18-7-5-6-8-19(18)29-4/h5-12,16H,13H2,1-4H3,(H,24,27). The zero-order chi connectivity index (χ0) is 21.7. The number of aromatic nitrogens is 3. The van der Waals surface area contributed by atoms with E-state index in [9.17, 15) is 9.59 Å². The van der Waals surface area contributed by atoms with Crippen molar-refractivity contribution in [2.75, 3.05) is 13.7 Å². The van der Waals surface area contributed by atoms with E-state index >= 15 is 0 Å². The third-order valence-corrected chi connectivity index (χ3v) is 4.53.